The van der Waals surface area contributed by atoms with Gasteiger partial charge in [-0.2, -0.15) is 0 Å². The average Bonchev–Trinajstić information content (AvgIpc) is 2.71. The fourth-order valence-corrected chi connectivity index (χ4v) is 3.34. The van der Waals surface area contributed by atoms with Gasteiger partial charge in [0.15, 0.2) is 5.60 Å². The van der Waals surface area contributed by atoms with E-state index in [0.29, 0.717) is 16.3 Å². The summed E-state index contributed by atoms with van der Waals surface area (Å²) in [4.78, 5) is 26.0. The second kappa shape index (κ2) is 6.04. The van der Waals surface area contributed by atoms with Crippen molar-refractivity contribution in [3.8, 4) is 0 Å². The molecule has 3 rings (SSSR count). The molecule has 1 heterocycles. The zero-order chi connectivity index (χ0) is 17.5. The summed E-state index contributed by atoms with van der Waals surface area (Å²) in [7, 11) is 0. The molecular weight excluding hydrogens is 326 g/mol. The number of carbonyl (C=O) groups excluding carboxylic acids is 2. The molecule has 2 aromatic rings. The number of nitrogens with zero attached hydrogens (tertiary/aromatic N) is 1. The van der Waals surface area contributed by atoms with Gasteiger partial charge in [0.1, 0.15) is 5.78 Å². The van der Waals surface area contributed by atoms with Crippen LogP contribution in [0.2, 0.25) is 5.02 Å². The fourth-order valence-electron chi connectivity index (χ4n) is 3.15. The van der Waals surface area contributed by atoms with Crippen LogP contribution in [-0.4, -0.2) is 16.8 Å². The number of hydrogen-bond acceptors (Lipinski definition) is 3. The van der Waals surface area contributed by atoms with Crippen LogP contribution in [0.5, 0.6) is 0 Å². The summed E-state index contributed by atoms with van der Waals surface area (Å²) >= 11 is 6.20. The van der Waals surface area contributed by atoms with Crippen LogP contribution in [0.3, 0.4) is 0 Å². The van der Waals surface area contributed by atoms with Crippen LogP contribution >= 0.6 is 11.6 Å². The largest absolute Gasteiger partial charge is 0.375 e. The maximum absolute atomic E-state index is 12.9. The van der Waals surface area contributed by atoms with Gasteiger partial charge < -0.3 is 10.0 Å². The lowest BCUT2D eigenvalue weighted by atomic mass is 9.89. The lowest BCUT2D eigenvalue weighted by Crippen LogP contribution is -2.41. The van der Waals surface area contributed by atoms with Gasteiger partial charge in [-0.15, -0.1) is 0 Å². The Labute approximate surface area is 145 Å². The van der Waals surface area contributed by atoms with E-state index in [4.69, 9.17) is 11.6 Å². The molecule has 1 N–H and O–H groups in total. The minimum absolute atomic E-state index is 0.235. The first-order chi connectivity index (χ1) is 11.3. The molecule has 0 aliphatic carbocycles. The SMILES string of the molecule is CC(=O)CC1(O)C(=O)N(Cc2ccccc2Cl)c2ccc(C)cc21. The Kier molecular flexibility index (Phi) is 4.20. The first-order valence-electron chi connectivity index (χ1n) is 7.71. The van der Waals surface area contributed by atoms with E-state index in [1.54, 1.807) is 18.2 Å². The Morgan fingerprint density at radius 2 is 1.96 bits per heavy atom. The zero-order valence-electron chi connectivity index (χ0n) is 13.5. The molecular formula is C19H18ClNO3. The maximum atomic E-state index is 12.9. The van der Waals surface area contributed by atoms with E-state index in [1.807, 2.05) is 31.2 Å². The van der Waals surface area contributed by atoms with Crippen LogP contribution < -0.4 is 4.90 Å². The summed E-state index contributed by atoms with van der Waals surface area (Å²) in [5, 5.41) is 11.5. The van der Waals surface area contributed by atoms with Crippen molar-refractivity contribution in [3.05, 3.63) is 64.2 Å². The molecule has 1 aliphatic rings. The number of fused-ring (bicyclic) bond motifs is 1. The van der Waals surface area contributed by atoms with Crippen molar-refractivity contribution in [3.63, 3.8) is 0 Å². The number of amides is 1. The van der Waals surface area contributed by atoms with Crippen molar-refractivity contribution in [2.75, 3.05) is 4.90 Å². The number of ketones is 1. The van der Waals surface area contributed by atoms with Crippen molar-refractivity contribution in [1.29, 1.82) is 0 Å². The third-order valence-electron chi connectivity index (χ3n) is 4.28. The lowest BCUT2D eigenvalue weighted by Gasteiger charge is -2.22. The molecule has 1 amide bonds. The second-order valence-corrected chi connectivity index (χ2v) is 6.65. The molecule has 1 atom stereocenters. The molecule has 1 unspecified atom stereocenters. The molecule has 24 heavy (non-hydrogen) atoms. The number of aliphatic hydroxyl groups is 1. The Bertz CT molecular complexity index is 833. The van der Waals surface area contributed by atoms with E-state index in [0.717, 1.165) is 11.1 Å². The highest BCUT2D eigenvalue weighted by molar-refractivity contribution is 6.31. The van der Waals surface area contributed by atoms with Crippen molar-refractivity contribution < 1.29 is 14.7 Å². The van der Waals surface area contributed by atoms with Gasteiger partial charge in [0, 0.05) is 17.0 Å². The van der Waals surface area contributed by atoms with Gasteiger partial charge in [-0.3, -0.25) is 9.59 Å². The van der Waals surface area contributed by atoms with Gasteiger partial charge in [0.2, 0.25) is 0 Å². The Hall–Kier alpha value is -2.17. The summed E-state index contributed by atoms with van der Waals surface area (Å²) in [5.74, 6) is -0.726. The topological polar surface area (TPSA) is 57.6 Å². The molecule has 0 saturated carbocycles. The molecule has 0 bridgehead atoms. The van der Waals surface area contributed by atoms with Crippen LogP contribution in [0.15, 0.2) is 42.5 Å². The summed E-state index contributed by atoms with van der Waals surface area (Å²) in [5.41, 5.74) is 0.993. The van der Waals surface area contributed by atoms with Crippen LogP contribution in [0.4, 0.5) is 5.69 Å². The van der Waals surface area contributed by atoms with Crippen LogP contribution in [0, 0.1) is 6.92 Å². The predicted octanol–water partition coefficient (Wildman–Crippen LogP) is 3.36. The highest BCUT2D eigenvalue weighted by Gasteiger charge is 2.50. The highest BCUT2D eigenvalue weighted by Crippen LogP contribution is 2.44. The molecule has 2 aromatic carbocycles. The van der Waals surface area contributed by atoms with Crippen molar-refractivity contribution in [2.24, 2.45) is 0 Å². The van der Waals surface area contributed by atoms with Gasteiger partial charge in [-0.05, 0) is 31.5 Å². The van der Waals surface area contributed by atoms with E-state index in [1.165, 1.54) is 11.8 Å². The smallest absolute Gasteiger partial charge is 0.264 e. The molecule has 1 aliphatic heterocycles. The third-order valence-corrected chi connectivity index (χ3v) is 4.65. The zero-order valence-corrected chi connectivity index (χ0v) is 14.3. The molecule has 124 valence electrons. The summed E-state index contributed by atoms with van der Waals surface area (Å²) in [6, 6.07) is 12.7. The van der Waals surface area contributed by atoms with Crippen molar-refractivity contribution in [2.45, 2.75) is 32.4 Å². The molecule has 5 heteroatoms. The first-order valence-corrected chi connectivity index (χ1v) is 8.09. The average molecular weight is 344 g/mol. The molecule has 0 aromatic heterocycles. The van der Waals surface area contributed by atoms with E-state index in [2.05, 4.69) is 0 Å². The summed E-state index contributed by atoms with van der Waals surface area (Å²) in [6.45, 7) is 3.50. The van der Waals surface area contributed by atoms with Crippen molar-refractivity contribution >= 4 is 29.0 Å². The van der Waals surface area contributed by atoms with Gasteiger partial charge >= 0.3 is 0 Å². The number of Topliss-reactive ketones (excluding diaryl/α,β-unsaturated/α-hetero) is 1. The Morgan fingerprint density at radius 3 is 2.62 bits per heavy atom. The highest BCUT2D eigenvalue weighted by atomic mass is 35.5. The number of benzene rings is 2. The summed E-state index contributed by atoms with van der Waals surface area (Å²) in [6.07, 6.45) is -0.235. The predicted molar refractivity (Wildman–Crippen MR) is 93.0 cm³/mol. The fraction of sp³-hybridized carbons (Fsp3) is 0.263. The lowest BCUT2D eigenvalue weighted by molar-refractivity contribution is -0.141. The van der Waals surface area contributed by atoms with Gasteiger partial charge in [-0.1, -0.05) is 47.5 Å². The number of aryl methyl sites for hydroxylation is 1. The standard InChI is InChI=1S/C19H18ClNO3/c1-12-7-8-17-15(9-12)19(24,10-13(2)22)18(23)21(17)11-14-5-3-4-6-16(14)20/h3-9,24H,10-11H2,1-2H3. The summed E-state index contributed by atoms with van der Waals surface area (Å²) < 4.78 is 0. The van der Waals surface area contributed by atoms with E-state index in [-0.39, 0.29) is 18.7 Å². The third kappa shape index (κ3) is 2.72. The molecule has 0 fully saturated rings. The van der Waals surface area contributed by atoms with Gasteiger partial charge in [0.05, 0.1) is 12.2 Å². The Balaban J connectivity index is 2.08. The van der Waals surface area contributed by atoms with Gasteiger partial charge in [0.25, 0.3) is 5.91 Å². The van der Waals surface area contributed by atoms with E-state index < -0.39 is 11.5 Å². The number of hydrogen-bond donors (Lipinski definition) is 1. The van der Waals surface area contributed by atoms with Crippen LogP contribution in [-0.2, 0) is 21.7 Å². The Morgan fingerprint density at radius 1 is 1.25 bits per heavy atom. The molecule has 0 spiro atoms. The minimum atomic E-state index is -1.81. The van der Waals surface area contributed by atoms with E-state index in [9.17, 15) is 14.7 Å². The monoisotopic (exact) mass is 343 g/mol. The van der Waals surface area contributed by atoms with E-state index >= 15 is 0 Å². The normalized spacial score (nSPS) is 19.5. The number of rotatable bonds is 4. The molecule has 0 radical (unpaired) electrons. The number of anilines is 1. The quantitative estimate of drug-likeness (QED) is 0.926. The van der Waals surface area contributed by atoms with Crippen molar-refractivity contribution in [1.82, 2.24) is 0 Å². The molecule has 4 nitrogen and oxygen atoms in total. The molecule has 0 saturated heterocycles. The maximum Gasteiger partial charge on any atom is 0.264 e. The van der Waals surface area contributed by atoms with Gasteiger partial charge in [-0.25, -0.2) is 0 Å². The van der Waals surface area contributed by atoms with Crippen LogP contribution in [0.1, 0.15) is 30.0 Å². The van der Waals surface area contributed by atoms with Crippen LogP contribution in [0.25, 0.3) is 0 Å². The second-order valence-electron chi connectivity index (χ2n) is 6.24. The first kappa shape index (κ1) is 16.7. The number of halogens is 1. The minimum Gasteiger partial charge on any atom is -0.375 e. The number of carbonyl (C=O) groups is 2.